The van der Waals surface area contributed by atoms with Crippen molar-refractivity contribution in [3.63, 3.8) is 0 Å². The molecule has 1 N–H and O–H groups in total. The van der Waals surface area contributed by atoms with Gasteiger partial charge in [-0.15, -0.1) is 11.8 Å². The van der Waals surface area contributed by atoms with E-state index < -0.39 is 5.97 Å². The Bertz CT molecular complexity index is 713. The van der Waals surface area contributed by atoms with Crippen LogP contribution in [0.1, 0.15) is 21.5 Å². The highest BCUT2D eigenvalue weighted by Crippen LogP contribution is 2.30. The predicted molar refractivity (Wildman–Crippen MR) is 93.8 cm³/mol. The fourth-order valence-electron chi connectivity index (χ4n) is 2.32. The van der Waals surface area contributed by atoms with Gasteiger partial charge < -0.3 is 14.7 Å². The smallest absolute Gasteiger partial charge is 0.335 e. The summed E-state index contributed by atoms with van der Waals surface area (Å²) in [6, 6.07) is 10.9. The van der Waals surface area contributed by atoms with E-state index in [0.29, 0.717) is 12.3 Å². The van der Waals surface area contributed by atoms with Gasteiger partial charge in [-0.1, -0.05) is 0 Å². The van der Waals surface area contributed by atoms with Gasteiger partial charge >= 0.3 is 5.97 Å². The molecule has 0 atom stereocenters. The van der Waals surface area contributed by atoms with Crippen molar-refractivity contribution in [2.75, 3.05) is 20.4 Å². The molecule has 0 unspecified atom stereocenters. The molecule has 2 rings (SSSR count). The monoisotopic (exact) mass is 331 g/mol. The lowest BCUT2D eigenvalue weighted by Crippen LogP contribution is -2.12. The molecule has 0 spiro atoms. The second-order valence-corrected chi connectivity index (χ2v) is 6.45. The van der Waals surface area contributed by atoms with Crippen molar-refractivity contribution in [1.29, 1.82) is 0 Å². The van der Waals surface area contributed by atoms with Crippen LogP contribution in [0.25, 0.3) is 0 Å². The van der Waals surface area contributed by atoms with Gasteiger partial charge in [0.15, 0.2) is 0 Å². The van der Waals surface area contributed by atoms with E-state index in [1.807, 2.05) is 50.4 Å². The van der Waals surface area contributed by atoms with Crippen LogP contribution in [0.5, 0.6) is 11.5 Å². The van der Waals surface area contributed by atoms with Gasteiger partial charge in [0, 0.05) is 17.0 Å². The standard InChI is InChI=1S/C18H21NO3S/c1-12-9-15(6-8-17(12)23-4)22-16-7-5-13(18(20)21)10-14(16)11-19(2)3/h5-10H,11H2,1-4H3,(H,20,21). The molecule has 0 fully saturated rings. The maximum Gasteiger partial charge on any atom is 0.335 e. The first-order valence-electron chi connectivity index (χ1n) is 7.24. The minimum absolute atomic E-state index is 0.267. The zero-order valence-electron chi connectivity index (χ0n) is 13.8. The molecular formula is C18H21NO3S. The van der Waals surface area contributed by atoms with Crippen molar-refractivity contribution >= 4 is 17.7 Å². The zero-order valence-corrected chi connectivity index (χ0v) is 14.6. The minimum atomic E-state index is -0.934. The molecule has 5 heteroatoms. The Hall–Kier alpha value is -1.98. The third-order valence-electron chi connectivity index (χ3n) is 3.39. The van der Waals surface area contributed by atoms with E-state index >= 15 is 0 Å². The highest BCUT2D eigenvalue weighted by molar-refractivity contribution is 7.98. The highest BCUT2D eigenvalue weighted by Gasteiger charge is 2.11. The molecule has 0 aliphatic rings. The Kier molecular flexibility index (Phi) is 5.69. The van der Waals surface area contributed by atoms with Crippen molar-refractivity contribution in [3.8, 4) is 11.5 Å². The van der Waals surface area contributed by atoms with E-state index in [4.69, 9.17) is 9.84 Å². The molecule has 2 aromatic carbocycles. The Morgan fingerprint density at radius 2 is 1.96 bits per heavy atom. The van der Waals surface area contributed by atoms with Gasteiger partial charge in [-0.2, -0.15) is 0 Å². The normalized spacial score (nSPS) is 10.8. The molecule has 0 heterocycles. The third-order valence-corrected chi connectivity index (χ3v) is 4.29. The molecule has 0 saturated carbocycles. The third kappa shape index (κ3) is 4.50. The lowest BCUT2D eigenvalue weighted by molar-refractivity contribution is 0.0696. The topological polar surface area (TPSA) is 49.8 Å². The molecule has 4 nitrogen and oxygen atoms in total. The van der Waals surface area contributed by atoms with Crippen molar-refractivity contribution in [3.05, 3.63) is 53.1 Å². The van der Waals surface area contributed by atoms with Gasteiger partial charge in [0.2, 0.25) is 0 Å². The highest BCUT2D eigenvalue weighted by atomic mass is 32.2. The fourth-order valence-corrected chi connectivity index (χ4v) is 2.90. The Morgan fingerprint density at radius 1 is 1.22 bits per heavy atom. The predicted octanol–water partition coefficient (Wildman–Crippen LogP) is 4.27. The van der Waals surface area contributed by atoms with E-state index in [0.717, 1.165) is 16.9 Å². The molecule has 0 aromatic heterocycles. The van der Waals surface area contributed by atoms with Crippen LogP contribution in [0.4, 0.5) is 0 Å². The maximum absolute atomic E-state index is 11.2. The number of carboxylic acids is 1. The largest absolute Gasteiger partial charge is 0.478 e. The maximum atomic E-state index is 11.2. The summed E-state index contributed by atoms with van der Waals surface area (Å²) in [5.74, 6) is 0.500. The van der Waals surface area contributed by atoms with Crippen molar-refractivity contribution in [2.24, 2.45) is 0 Å². The van der Waals surface area contributed by atoms with E-state index in [-0.39, 0.29) is 5.56 Å². The summed E-state index contributed by atoms with van der Waals surface area (Å²) >= 11 is 1.70. The summed E-state index contributed by atoms with van der Waals surface area (Å²) in [5.41, 5.74) is 2.27. The van der Waals surface area contributed by atoms with E-state index in [1.54, 1.807) is 30.0 Å². The van der Waals surface area contributed by atoms with Gasteiger partial charge in [0.05, 0.1) is 5.56 Å². The van der Waals surface area contributed by atoms with Crippen molar-refractivity contribution < 1.29 is 14.6 Å². The average Bonchev–Trinajstić information content (AvgIpc) is 2.48. The van der Waals surface area contributed by atoms with Crippen LogP contribution in [0.2, 0.25) is 0 Å². The number of nitrogens with zero attached hydrogens (tertiary/aromatic N) is 1. The molecule has 0 radical (unpaired) electrons. The van der Waals surface area contributed by atoms with Gasteiger partial charge in [-0.05, 0) is 69.2 Å². The van der Waals surface area contributed by atoms with Gasteiger partial charge in [-0.3, -0.25) is 0 Å². The minimum Gasteiger partial charge on any atom is -0.478 e. The molecule has 122 valence electrons. The van der Waals surface area contributed by atoms with Crippen LogP contribution >= 0.6 is 11.8 Å². The number of ether oxygens (including phenoxy) is 1. The van der Waals surface area contributed by atoms with Crippen molar-refractivity contribution in [2.45, 2.75) is 18.4 Å². The van der Waals surface area contributed by atoms with Crippen LogP contribution in [-0.2, 0) is 6.54 Å². The number of carboxylic acid groups (broad SMARTS) is 1. The first kappa shape index (κ1) is 17.4. The van der Waals surface area contributed by atoms with E-state index in [2.05, 4.69) is 0 Å². The summed E-state index contributed by atoms with van der Waals surface area (Å²) in [7, 11) is 3.88. The van der Waals surface area contributed by atoms with Crippen LogP contribution < -0.4 is 4.74 Å². The average molecular weight is 331 g/mol. The number of aromatic carboxylic acids is 1. The van der Waals surface area contributed by atoms with E-state index in [9.17, 15) is 4.79 Å². The van der Waals surface area contributed by atoms with Crippen LogP contribution in [0.15, 0.2) is 41.3 Å². The summed E-state index contributed by atoms with van der Waals surface area (Å²) in [6.07, 6.45) is 2.04. The molecule has 0 saturated heterocycles. The second-order valence-electron chi connectivity index (χ2n) is 5.60. The first-order valence-corrected chi connectivity index (χ1v) is 8.46. The summed E-state index contributed by atoms with van der Waals surface area (Å²) in [4.78, 5) is 14.4. The number of benzene rings is 2. The van der Waals surface area contributed by atoms with Gasteiger partial charge in [0.1, 0.15) is 11.5 Å². The summed E-state index contributed by atoms with van der Waals surface area (Å²) in [5, 5.41) is 9.16. The molecule has 0 amide bonds. The van der Waals surface area contributed by atoms with Crippen molar-refractivity contribution in [1.82, 2.24) is 4.90 Å². The Labute approximate surface area is 141 Å². The fraction of sp³-hybridized carbons (Fsp3) is 0.278. The molecule has 0 aliphatic heterocycles. The SMILES string of the molecule is CSc1ccc(Oc2ccc(C(=O)O)cc2CN(C)C)cc1C. The Morgan fingerprint density at radius 3 is 2.52 bits per heavy atom. The molecular weight excluding hydrogens is 310 g/mol. The van der Waals surface area contributed by atoms with Gasteiger partial charge in [-0.25, -0.2) is 4.79 Å². The lowest BCUT2D eigenvalue weighted by Gasteiger charge is -2.16. The molecule has 2 aromatic rings. The van der Waals surface area contributed by atoms with Gasteiger partial charge in [0.25, 0.3) is 0 Å². The summed E-state index contributed by atoms with van der Waals surface area (Å²) in [6.45, 7) is 2.66. The van der Waals surface area contributed by atoms with Crippen LogP contribution in [0.3, 0.4) is 0 Å². The number of carbonyl (C=O) groups is 1. The number of rotatable bonds is 6. The quantitative estimate of drug-likeness (QED) is 0.801. The number of thioether (sulfide) groups is 1. The zero-order chi connectivity index (χ0) is 17.0. The number of hydrogen-bond donors (Lipinski definition) is 1. The van der Waals surface area contributed by atoms with E-state index in [1.165, 1.54) is 4.90 Å². The van der Waals surface area contributed by atoms with Crippen LogP contribution in [0, 0.1) is 6.92 Å². The summed E-state index contributed by atoms with van der Waals surface area (Å²) < 4.78 is 6.00. The Balaban J connectivity index is 2.34. The number of aryl methyl sites for hydroxylation is 1. The second kappa shape index (κ2) is 7.53. The lowest BCUT2D eigenvalue weighted by atomic mass is 10.1. The molecule has 23 heavy (non-hydrogen) atoms. The molecule has 0 aliphatic carbocycles. The van der Waals surface area contributed by atoms with Crippen LogP contribution in [-0.4, -0.2) is 36.3 Å². The number of hydrogen-bond acceptors (Lipinski definition) is 4. The molecule has 0 bridgehead atoms. The first-order chi connectivity index (χ1) is 10.9.